The average Bonchev–Trinajstić information content (AvgIpc) is 2.97. The van der Waals surface area contributed by atoms with Gasteiger partial charge in [0, 0.05) is 27.4 Å². The van der Waals surface area contributed by atoms with Gasteiger partial charge in [-0.2, -0.15) is 0 Å². The average molecular weight is 306 g/mol. The second kappa shape index (κ2) is 4.89. The van der Waals surface area contributed by atoms with E-state index in [0.29, 0.717) is 10.9 Å². The number of aromatic nitrogens is 1. The van der Waals surface area contributed by atoms with Gasteiger partial charge in [-0.15, -0.1) is 11.3 Å². The van der Waals surface area contributed by atoms with Crippen LogP contribution in [0.2, 0.25) is 0 Å². The van der Waals surface area contributed by atoms with E-state index in [1.807, 2.05) is 12.1 Å². The molecule has 5 heteroatoms. The van der Waals surface area contributed by atoms with Crippen LogP contribution < -0.4 is 0 Å². The van der Waals surface area contributed by atoms with Gasteiger partial charge in [0.2, 0.25) is 0 Å². The van der Waals surface area contributed by atoms with Crippen LogP contribution in [0.4, 0.5) is 5.69 Å². The van der Waals surface area contributed by atoms with Crippen molar-refractivity contribution < 1.29 is 4.92 Å². The fourth-order valence-electron chi connectivity index (χ4n) is 2.63. The molecule has 22 heavy (non-hydrogen) atoms. The van der Waals surface area contributed by atoms with Crippen molar-refractivity contribution in [1.82, 2.24) is 4.98 Å². The van der Waals surface area contributed by atoms with Crippen LogP contribution in [0, 0.1) is 10.1 Å². The van der Waals surface area contributed by atoms with E-state index in [1.165, 1.54) is 10.1 Å². The van der Waals surface area contributed by atoms with Crippen molar-refractivity contribution in [2.24, 2.45) is 0 Å². The Morgan fingerprint density at radius 2 is 1.91 bits per heavy atom. The highest BCUT2D eigenvalue weighted by atomic mass is 32.1. The molecule has 0 bridgehead atoms. The van der Waals surface area contributed by atoms with Crippen molar-refractivity contribution in [2.75, 3.05) is 0 Å². The summed E-state index contributed by atoms with van der Waals surface area (Å²) in [4.78, 5) is 16.3. The molecule has 0 aliphatic carbocycles. The van der Waals surface area contributed by atoms with Gasteiger partial charge in [-0.25, -0.2) is 0 Å². The number of nitro groups is 1. The fourth-order valence-corrected chi connectivity index (χ4v) is 3.72. The van der Waals surface area contributed by atoms with Gasteiger partial charge in [-0.3, -0.25) is 15.1 Å². The van der Waals surface area contributed by atoms with E-state index in [0.717, 1.165) is 10.4 Å². The summed E-state index contributed by atoms with van der Waals surface area (Å²) in [6.45, 7) is 0. The smallest absolute Gasteiger partial charge is 0.258 e. The minimum Gasteiger partial charge on any atom is -0.258 e. The first-order chi connectivity index (χ1) is 10.7. The lowest BCUT2D eigenvalue weighted by molar-refractivity contribution is -0.383. The number of thiophene rings is 1. The molecule has 106 valence electrons. The van der Waals surface area contributed by atoms with Crippen LogP contribution in [-0.2, 0) is 0 Å². The third-order valence-electron chi connectivity index (χ3n) is 3.63. The molecule has 0 fully saturated rings. The van der Waals surface area contributed by atoms with Gasteiger partial charge in [0.05, 0.1) is 15.8 Å². The van der Waals surface area contributed by atoms with E-state index in [1.54, 1.807) is 41.8 Å². The van der Waals surface area contributed by atoms with Crippen molar-refractivity contribution in [3.05, 3.63) is 70.9 Å². The maximum absolute atomic E-state index is 11.2. The zero-order chi connectivity index (χ0) is 15.1. The van der Waals surface area contributed by atoms with Crippen LogP contribution in [0.3, 0.4) is 0 Å². The molecule has 4 aromatic rings. The number of hydrogen-bond donors (Lipinski definition) is 0. The molecular formula is C17H10N2O2S. The van der Waals surface area contributed by atoms with E-state index >= 15 is 0 Å². The normalized spacial score (nSPS) is 11.1. The number of rotatable bonds is 2. The number of pyridine rings is 1. The zero-order valence-corrected chi connectivity index (χ0v) is 12.2. The Hall–Kier alpha value is -2.79. The Morgan fingerprint density at radius 1 is 1.05 bits per heavy atom. The molecule has 0 saturated carbocycles. The van der Waals surface area contributed by atoms with Gasteiger partial charge < -0.3 is 0 Å². The largest absolute Gasteiger partial charge is 0.278 e. The Labute approximate surface area is 129 Å². The molecule has 2 aromatic heterocycles. The number of nitrogens with zero attached hydrogens (tertiary/aromatic N) is 2. The second-order valence-corrected chi connectivity index (χ2v) is 6.02. The fraction of sp³-hybridized carbons (Fsp3) is 0. The molecule has 0 N–H and O–H groups in total. The van der Waals surface area contributed by atoms with Crippen LogP contribution in [-0.4, -0.2) is 9.91 Å². The van der Waals surface area contributed by atoms with E-state index < -0.39 is 0 Å². The molecule has 0 aliphatic heterocycles. The van der Waals surface area contributed by atoms with E-state index in [-0.39, 0.29) is 10.6 Å². The summed E-state index contributed by atoms with van der Waals surface area (Å²) >= 11 is 1.67. The van der Waals surface area contributed by atoms with Crippen molar-refractivity contribution in [2.45, 2.75) is 0 Å². The van der Waals surface area contributed by atoms with Crippen molar-refractivity contribution >= 4 is 38.0 Å². The number of hydrogen-bond acceptors (Lipinski definition) is 4. The molecule has 4 nitrogen and oxygen atoms in total. The molecule has 0 radical (unpaired) electrons. The molecule has 0 saturated heterocycles. The number of nitro benzene ring substituents is 1. The van der Waals surface area contributed by atoms with Crippen LogP contribution in [0.5, 0.6) is 0 Å². The first-order valence-electron chi connectivity index (χ1n) is 6.75. The van der Waals surface area contributed by atoms with Crippen LogP contribution in [0.15, 0.2) is 60.8 Å². The molecule has 0 amide bonds. The lowest BCUT2D eigenvalue weighted by Crippen LogP contribution is -1.91. The number of non-ortho nitro benzene ring substituents is 1. The minimum absolute atomic E-state index is 0.0907. The highest BCUT2D eigenvalue weighted by molar-refractivity contribution is 7.22. The lowest BCUT2D eigenvalue weighted by Gasteiger charge is -2.04. The van der Waals surface area contributed by atoms with Gasteiger partial charge in [0.1, 0.15) is 0 Å². The molecule has 0 atom stereocenters. The molecule has 0 spiro atoms. The topological polar surface area (TPSA) is 56.0 Å². The third kappa shape index (κ3) is 1.95. The molecule has 2 heterocycles. The molecule has 0 aliphatic rings. The molecule has 4 rings (SSSR count). The van der Waals surface area contributed by atoms with Gasteiger partial charge >= 0.3 is 0 Å². The van der Waals surface area contributed by atoms with Gasteiger partial charge in [-0.05, 0) is 35.7 Å². The Balaban J connectivity index is 2.03. The summed E-state index contributed by atoms with van der Waals surface area (Å²) in [5.41, 5.74) is 1.69. The van der Waals surface area contributed by atoms with Crippen molar-refractivity contribution in [3.63, 3.8) is 0 Å². The lowest BCUT2D eigenvalue weighted by atomic mass is 10.1. The predicted octanol–water partition coefficient (Wildman–Crippen LogP) is 5.02. The quantitative estimate of drug-likeness (QED) is 0.386. The van der Waals surface area contributed by atoms with Crippen LogP contribution >= 0.6 is 11.3 Å². The van der Waals surface area contributed by atoms with Gasteiger partial charge in [0.25, 0.3) is 5.69 Å². The highest BCUT2D eigenvalue weighted by Gasteiger charge is 2.16. The maximum atomic E-state index is 11.2. The first-order valence-corrected chi connectivity index (χ1v) is 7.57. The Kier molecular flexibility index (Phi) is 2.87. The Bertz CT molecular complexity index is 990. The minimum atomic E-state index is -0.362. The number of fused-ring (bicyclic) bond motifs is 2. The summed E-state index contributed by atoms with van der Waals surface area (Å²) in [5, 5.41) is 12.9. The van der Waals surface area contributed by atoms with E-state index in [2.05, 4.69) is 23.2 Å². The first kappa shape index (κ1) is 12.9. The highest BCUT2D eigenvalue weighted by Crippen LogP contribution is 2.38. The van der Waals surface area contributed by atoms with Crippen LogP contribution in [0.1, 0.15) is 0 Å². The van der Waals surface area contributed by atoms with Crippen molar-refractivity contribution in [1.29, 1.82) is 0 Å². The van der Waals surface area contributed by atoms with E-state index in [9.17, 15) is 10.1 Å². The standard InChI is InChI=1S/C17H10N2O2S/c20-19(21)14-8-7-13(17-12(14)5-3-9-18-17)16-10-11-4-1-2-6-15(11)22-16/h1-10H. The summed E-state index contributed by atoms with van der Waals surface area (Å²) < 4.78 is 1.19. The predicted molar refractivity (Wildman–Crippen MR) is 89.2 cm³/mol. The van der Waals surface area contributed by atoms with Gasteiger partial charge in [0.15, 0.2) is 0 Å². The summed E-state index contributed by atoms with van der Waals surface area (Å²) in [7, 11) is 0. The summed E-state index contributed by atoms with van der Waals surface area (Å²) in [5.74, 6) is 0. The van der Waals surface area contributed by atoms with Crippen molar-refractivity contribution in [3.8, 4) is 10.4 Å². The third-order valence-corrected chi connectivity index (χ3v) is 4.78. The zero-order valence-electron chi connectivity index (χ0n) is 11.4. The maximum Gasteiger partial charge on any atom is 0.278 e. The SMILES string of the molecule is O=[N+]([O-])c1ccc(-c2cc3ccccc3s2)c2ncccc12. The van der Waals surface area contributed by atoms with E-state index in [4.69, 9.17) is 0 Å². The monoisotopic (exact) mass is 306 g/mol. The number of benzene rings is 2. The van der Waals surface area contributed by atoms with Crippen LogP contribution in [0.25, 0.3) is 31.4 Å². The second-order valence-electron chi connectivity index (χ2n) is 4.94. The molecule has 2 aromatic carbocycles. The summed E-state index contributed by atoms with van der Waals surface area (Å²) in [6, 6.07) is 17.1. The Morgan fingerprint density at radius 3 is 2.73 bits per heavy atom. The molecule has 0 unspecified atom stereocenters. The molecular weight excluding hydrogens is 296 g/mol. The van der Waals surface area contributed by atoms with Gasteiger partial charge in [-0.1, -0.05) is 18.2 Å². The summed E-state index contributed by atoms with van der Waals surface area (Å²) in [6.07, 6.45) is 1.67.